The number of alkyl halides is 2. The summed E-state index contributed by atoms with van der Waals surface area (Å²) in [5.74, 6) is -0.437. The summed E-state index contributed by atoms with van der Waals surface area (Å²) in [5, 5.41) is 6.68. The van der Waals surface area contributed by atoms with Crippen LogP contribution >= 0.6 is 11.8 Å². The van der Waals surface area contributed by atoms with Crippen LogP contribution in [-0.2, 0) is 18.8 Å². The fraction of sp³-hybridized carbons (Fsp3) is 0.400. The molecule has 0 amide bonds. The second kappa shape index (κ2) is 6.50. The van der Waals surface area contributed by atoms with Gasteiger partial charge in [-0.2, -0.15) is 13.8 Å². The number of nitrogens with zero attached hydrogens (tertiary/aromatic N) is 2. The van der Waals surface area contributed by atoms with Gasteiger partial charge in [-0.15, -0.1) is 0 Å². The van der Waals surface area contributed by atoms with Crippen molar-refractivity contribution in [3.8, 4) is 0 Å². The highest BCUT2D eigenvalue weighted by molar-refractivity contribution is 7.98. The van der Waals surface area contributed by atoms with Crippen LogP contribution < -0.4 is 5.32 Å². The lowest BCUT2D eigenvalue weighted by atomic mass is 10.4. The van der Waals surface area contributed by atoms with E-state index in [0.717, 1.165) is 0 Å². The van der Waals surface area contributed by atoms with Crippen LogP contribution in [0, 0.1) is 0 Å². The zero-order chi connectivity index (χ0) is 12.8. The summed E-state index contributed by atoms with van der Waals surface area (Å²) in [6.45, 7) is 0.937. The predicted octanol–water partition coefficient (Wildman–Crippen LogP) is 2.41. The molecule has 8 heteroatoms. The highest BCUT2D eigenvalue weighted by atomic mass is 32.2. The fourth-order valence-corrected chi connectivity index (χ4v) is 1.75. The largest absolute Gasteiger partial charge is 0.464 e. The maximum atomic E-state index is 12.0. The van der Waals surface area contributed by atoms with E-state index in [9.17, 15) is 8.78 Å². The summed E-state index contributed by atoms with van der Waals surface area (Å²) >= 11 is 0.540. The van der Waals surface area contributed by atoms with Crippen molar-refractivity contribution < 1.29 is 17.7 Å². The van der Waals surface area contributed by atoms with Crippen molar-refractivity contribution in [2.24, 2.45) is 0 Å². The van der Waals surface area contributed by atoms with E-state index in [1.807, 2.05) is 0 Å². The molecule has 0 fully saturated rings. The lowest BCUT2D eigenvalue weighted by Gasteiger charge is -1.99. The van der Waals surface area contributed by atoms with E-state index in [1.54, 1.807) is 12.1 Å². The van der Waals surface area contributed by atoms with Gasteiger partial charge in [-0.1, -0.05) is 16.9 Å². The Labute approximate surface area is 106 Å². The van der Waals surface area contributed by atoms with Crippen LogP contribution in [0.2, 0.25) is 0 Å². The Kier molecular flexibility index (Phi) is 4.71. The zero-order valence-corrected chi connectivity index (χ0v) is 10.1. The zero-order valence-electron chi connectivity index (χ0n) is 9.31. The minimum Gasteiger partial charge on any atom is -0.464 e. The van der Waals surface area contributed by atoms with Gasteiger partial charge in [0.05, 0.1) is 18.8 Å². The van der Waals surface area contributed by atoms with Gasteiger partial charge in [-0.25, -0.2) is 0 Å². The van der Waals surface area contributed by atoms with E-state index in [2.05, 4.69) is 20.0 Å². The molecule has 2 rings (SSSR count). The summed E-state index contributed by atoms with van der Waals surface area (Å²) in [5.41, 5.74) is 0. The van der Waals surface area contributed by atoms with Crippen LogP contribution in [0.5, 0.6) is 0 Å². The van der Waals surface area contributed by atoms with Gasteiger partial charge in [0.15, 0.2) is 5.82 Å². The Bertz CT molecular complexity index is 461. The summed E-state index contributed by atoms with van der Waals surface area (Å²) < 4.78 is 33.9. The van der Waals surface area contributed by atoms with Gasteiger partial charge in [-0.05, 0) is 12.1 Å². The van der Waals surface area contributed by atoms with Crippen LogP contribution in [-0.4, -0.2) is 15.9 Å². The Morgan fingerprint density at radius 1 is 1.28 bits per heavy atom. The highest BCUT2D eigenvalue weighted by Gasteiger charge is 2.07. The molecule has 0 atom stereocenters. The number of nitrogens with one attached hydrogen (secondary N) is 1. The normalized spacial score (nSPS) is 11.3. The number of hydrogen-bond acceptors (Lipinski definition) is 6. The number of hydrogen-bond donors (Lipinski definition) is 1. The number of halogens is 2. The second-order valence-corrected chi connectivity index (χ2v) is 4.37. The Morgan fingerprint density at radius 2 is 2.11 bits per heavy atom. The smallest absolute Gasteiger partial charge is 0.284 e. The van der Waals surface area contributed by atoms with Crippen molar-refractivity contribution in [3.63, 3.8) is 0 Å². The lowest BCUT2D eigenvalue weighted by molar-refractivity contribution is 0.251. The molecule has 2 heterocycles. The van der Waals surface area contributed by atoms with E-state index in [0.29, 0.717) is 42.2 Å². The Hall–Kier alpha value is -1.41. The van der Waals surface area contributed by atoms with Crippen molar-refractivity contribution in [1.82, 2.24) is 15.5 Å². The van der Waals surface area contributed by atoms with E-state index < -0.39 is 5.76 Å². The van der Waals surface area contributed by atoms with Crippen LogP contribution in [0.1, 0.15) is 17.3 Å². The fourth-order valence-electron chi connectivity index (χ4n) is 1.31. The maximum absolute atomic E-state index is 12.0. The molecule has 0 saturated heterocycles. The van der Waals surface area contributed by atoms with E-state index in [-0.39, 0.29) is 5.75 Å². The summed E-state index contributed by atoms with van der Waals surface area (Å²) in [7, 11) is 0. The average Bonchev–Trinajstić information content (AvgIpc) is 2.97. The molecule has 0 saturated carbocycles. The molecular weight excluding hydrogens is 264 g/mol. The predicted molar refractivity (Wildman–Crippen MR) is 60.8 cm³/mol. The minimum atomic E-state index is -2.38. The van der Waals surface area contributed by atoms with E-state index in [1.165, 1.54) is 6.39 Å². The van der Waals surface area contributed by atoms with E-state index >= 15 is 0 Å². The van der Waals surface area contributed by atoms with Crippen molar-refractivity contribution >= 4 is 11.8 Å². The van der Waals surface area contributed by atoms with Gasteiger partial charge in [0.25, 0.3) is 5.76 Å². The van der Waals surface area contributed by atoms with Crippen LogP contribution in [0.15, 0.2) is 27.5 Å². The summed E-state index contributed by atoms with van der Waals surface area (Å²) in [4.78, 5) is 3.84. The molecule has 98 valence electrons. The standard InChI is InChI=1S/C10H11F2N3O2S/c11-10(12)18-5-8-2-1-7(17-8)3-13-4-9-14-6-16-15-9/h1-2,6,10,13H,3-5H2. The number of aromatic nitrogens is 2. The average molecular weight is 275 g/mol. The van der Waals surface area contributed by atoms with Gasteiger partial charge >= 0.3 is 0 Å². The van der Waals surface area contributed by atoms with Crippen molar-refractivity contribution in [3.05, 3.63) is 35.9 Å². The van der Waals surface area contributed by atoms with Crippen LogP contribution in [0.4, 0.5) is 8.78 Å². The quantitative estimate of drug-likeness (QED) is 0.837. The van der Waals surface area contributed by atoms with Crippen LogP contribution in [0.25, 0.3) is 0 Å². The maximum Gasteiger partial charge on any atom is 0.284 e. The van der Waals surface area contributed by atoms with Crippen molar-refractivity contribution in [2.45, 2.75) is 24.6 Å². The van der Waals surface area contributed by atoms with Crippen molar-refractivity contribution in [1.29, 1.82) is 0 Å². The number of rotatable bonds is 7. The SMILES string of the molecule is FC(F)SCc1ccc(CNCc2ncon2)o1. The molecule has 18 heavy (non-hydrogen) atoms. The monoisotopic (exact) mass is 275 g/mol. The Balaban J connectivity index is 1.73. The van der Waals surface area contributed by atoms with Crippen molar-refractivity contribution in [2.75, 3.05) is 0 Å². The first kappa shape index (κ1) is 13.0. The molecular formula is C10H11F2N3O2S. The molecule has 0 aromatic carbocycles. The molecule has 2 aromatic rings. The first-order valence-corrected chi connectivity index (χ1v) is 6.22. The van der Waals surface area contributed by atoms with Gasteiger partial charge in [-0.3, -0.25) is 0 Å². The topological polar surface area (TPSA) is 64.1 Å². The molecule has 0 bridgehead atoms. The molecule has 0 aliphatic heterocycles. The Morgan fingerprint density at radius 3 is 2.83 bits per heavy atom. The number of thioether (sulfide) groups is 1. The highest BCUT2D eigenvalue weighted by Crippen LogP contribution is 2.21. The first-order valence-electron chi connectivity index (χ1n) is 5.17. The third-order valence-corrected chi connectivity index (χ3v) is 2.76. The van der Waals surface area contributed by atoms with Gasteiger partial charge < -0.3 is 14.3 Å². The third kappa shape index (κ3) is 4.11. The molecule has 5 nitrogen and oxygen atoms in total. The minimum absolute atomic E-state index is 0.169. The first-order chi connectivity index (χ1) is 8.74. The molecule has 0 radical (unpaired) electrons. The molecule has 1 N–H and O–H groups in total. The van der Waals surface area contributed by atoms with Crippen LogP contribution in [0.3, 0.4) is 0 Å². The van der Waals surface area contributed by atoms with Gasteiger partial charge in [0.2, 0.25) is 6.39 Å². The molecule has 2 aromatic heterocycles. The summed E-state index contributed by atoms with van der Waals surface area (Å²) in [6, 6.07) is 3.45. The number of furan rings is 1. The second-order valence-electron chi connectivity index (χ2n) is 3.39. The lowest BCUT2D eigenvalue weighted by Crippen LogP contribution is -2.13. The molecule has 0 unspecified atom stereocenters. The van der Waals surface area contributed by atoms with Gasteiger partial charge in [0, 0.05) is 0 Å². The molecule has 0 spiro atoms. The molecule has 0 aliphatic rings. The molecule has 0 aliphatic carbocycles. The summed E-state index contributed by atoms with van der Waals surface area (Å²) in [6.07, 6.45) is 1.25. The van der Waals surface area contributed by atoms with E-state index in [4.69, 9.17) is 4.42 Å². The van der Waals surface area contributed by atoms with Gasteiger partial charge in [0.1, 0.15) is 11.5 Å². The third-order valence-electron chi connectivity index (χ3n) is 2.06.